The standard InChI is InChI=1S/C32H26O8S2/c1-39-31(37)21-13-23(33)25-19(11-15-7-3-5-9-17(15)27(25)35)29(21)41-42-30-20-12-16-8-4-6-10-18(16)28(36)26(20)24(34)14-22(30)32(38)40-2/h3-12,21-22,29-30,35-36H,13-14H2,1-2H3. The summed E-state index contributed by atoms with van der Waals surface area (Å²) < 4.78 is 10.2. The van der Waals surface area contributed by atoms with Gasteiger partial charge in [-0.05, 0) is 34.0 Å². The lowest BCUT2D eigenvalue weighted by atomic mass is 9.80. The number of fused-ring (bicyclic) bond motifs is 4. The van der Waals surface area contributed by atoms with Gasteiger partial charge in [0.25, 0.3) is 0 Å². The minimum absolute atomic E-state index is 0.135. The third-order valence-electron chi connectivity index (χ3n) is 8.09. The van der Waals surface area contributed by atoms with Gasteiger partial charge in [0.2, 0.25) is 0 Å². The van der Waals surface area contributed by atoms with Gasteiger partial charge in [-0.15, -0.1) is 0 Å². The van der Waals surface area contributed by atoms with E-state index < -0.39 is 34.3 Å². The molecule has 0 radical (unpaired) electrons. The van der Waals surface area contributed by atoms with E-state index >= 15 is 0 Å². The van der Waals surface area contributed by atoms with Gasteiger partial charge in [-0.3, -0.25) is 19.2 Å². The SMILES string of the molecule is COC(=O)C1CC(=O)c2c(cc3ccccc3c2O)C1SSC1c2cc3ccccc3c(O)c2C(=O)CC1C(=O)OC. The van der Waals surface area contributed by atoms with Gasteiger partial charge in [0.1, 0.15) is 11.5 Å². The van der Waals surface area contributed by atoms with Crippen LogP contribution in [0.1, 0.15) is 55.2 Å². The molecule has 42 heavy (non-hydrogen) atoms. The van der Waals surface area contributed by atoms with Gasteiger partial charge in [0.05, 0.1) is 47.7 Å². The van der Waals surface area contributed by atoms with Gasteiger partial charge in [-0.25, -0.2) is 0 Å². The number of carbonyl (C=O) groups excluding carboxylic acids is 4. The highest BCUT2D eigenvalue weighted by Gasteiger charge is 2.45. The summed E-state index contributed by atoms with van der Waals surface area (Å²) in [4.78, 5) is 52.5. The number of ketones is 2. The van der Waals surface area contributed by atoms with Crippen LogP contribution in [0.2, 0.25) is 0 Å². The molecule has 6 rings (SSSR count). The van der Waals surface area contributed by atoms with E-state index in [1.807, 2.05) is 36.4 Å². The zero-order valence-electron chi connectivity index (χ0n) is 22.7. The van der Waals surface area contributed by atoms with Gasteiger partial charge in [0, 0.05) is 23.6 Å². The van der Waals surface area contributed by atoms with Crippen LogP contribution in [-0.4, -0.2) is 47.9 Å². The lowest BCUT2D eigenvalue weighted by molar-refractivity contribution is -0.146. The van der Waals surface area contributed by atoms with Crippen LogP contribution in [-0.2, 0) is 19.1 Å². The fourth-order valence-electron chi connectivity index (χ4n) is 6.06. The van der Waals surface area contributed by atoms with E-state index in [0.717, 1.165) is 0 Å². The third kappa shape index (κ3) is 4.49. The van der Waals surface area contributed by atoms with Crippen LogP contribution in [0.5, 0.6) is 11.5 Å². The number of Topliss-reactive ketones (excluding diaryl/α,β-unsaturated/α-hetero) is 2. The van der Waals surface area contributed by atoms with Crippen molar-refractivity contribution in [2.24, 2.45) is 11.8 Å². The highest BCUT2D eigenvalue weighted by Crippen LogP contribution is 2.59. The first-order valence-corrected chi connectivity index (χ1v) is 15.6. The monoisotopic (exact) mass is 602 g/mol. The van der Waals surface area contributed by atoms with E-state index in [1.54, 1.807) is 24.3 Å². The number of benzene rings is 4. The van der Waals surface area contributed by atoms with Gasteiger partial charge in [-0.2, -0.15) is 0 Å². The van der Waals surface area contributed by atoms with Crippen LogP contribution in [0.4, 0.5) is 0 Å². The molecule has 0 saturated heterocycles. The Hall–Kier alpha value is -4.02. The average Bonchev–Trinajstić information content (AvgIpc) is 3.00. The lowest BCUT2D eigenvalue weighted by Gasteiger charge is -2.35. The van der Waals surface area contributed by atoms with E-state index in [-0.39, 0.29) is 47.0 Å². The van der Waals surface area contributed by atoms with E-state index in [0.29, 0.717) is 32.7 Å². The number of esters is 2. The fourth-order valence-corrected chi connectivity index (χ4v) is 9.71. The molecule has 0 amide bonds. The summed E-state index contributed by atoms with van der Waals surface area (Å²) in [7, 11) is 5.08. The molecule has 2 aliphatic rings. The molecule has 0 aliphatic heterocycles. The van der Waals surface area contributed by atoms with Crippen molar-refractivity contribution in [2.75, 3.05) is 14.2 Å². The molecule has 0 bridgehead atoms. The molecule has 10 heteroatoms. The molecule has 8 nitrogen and oxygen atoms in total. The number of carbonyl (C=O) groups is 4. The lowest BCUT2D eigenvalue weighted by Crippen LogP contribution is -2.32. The Balaban J connectivity index is 1.47. The molecular formula is C32H26O8S2. The maximum atomic E-state index is 13.3. The minimum atomic E-state index is -0.848. The zero-order valence-corrected chi connectivity index (χ0v) is 24.3. The van der Waals surface area contributed by atoms with E-state index in [2.05, 4.69) is 0 Å². The van der Waals surface area contributed by atoms with Crippen molar-refractivity contribution in [1.29, 1.82) is 0 Å². The summed E-state index contributed by atoms with van der Waals surface area (Å²) >= 11 is 0. The Kier molecular flexibility index (Phi) is 7.36. The Labute approximate surface area is 248 Å². The van der Waals surface area contributed by atoms with Crippen molar-refractivity contribution in [1.82, 2.24) is 0 Å². The predicted molar refractivity (Wildman–Crippen MR) is 161 cm³/mol. The smallest absolute Gasteiger partial charge is 0.310 e. The van der Waals surface area contributed by atoms with Crippen LogP contribution >= 0.6 is 21.6 Å². The number of rotatable bonds is 5. The normalized spacial score (nSPS) is 21.6. The molecule has 2 N–H and O–H groups in total. The Bertz CT molecular complexity index is 1670. The molecule has 2 aliphatic carbocycles. The van der Waals surface area contributed by atoms with Gasteiger partial charge in [-0.1, -0.05) is 70.1 Å². The molecule has 0 spiro atoms. The molecule has 4 aromatic rings. The second-order valence-corrected chi connectivity index (χ2v) is 12.9. The van der Waals surface area contributed by atoms with Gasteiger partial charge in [0.15, 0.2) is 11.6 Å². The number of hydrogen-bond acceptors (Lipinski definition) is 10. The highest BCUT2D eigenvalue weighted by atomic mass is 33.1. The summed E-state index contributed by atoms with van der Waals surface area (Å²) in [6.45, 7) is 0. The molecular weight excluding hydrogens is 576 g/mol. The summed E-state index contributed by atoms with van der Waals surface area (Å²) in [6, 6.07) is 17.9. The first-order valence-electron chi connectivity index (χ1n) is 13.3. The molecule has 0 aromatic heterocycles. The van der Waals surface area contributed by atoms with Crippen molar-refractivity contribution in [3.8, 4) is 11.5 Å². The summed E-state index contributed by atoms with van der Waals surface area (Å²) in [5, 5.41) is 23.5. The topological polar surface area (TPSA) is 127 Å². The van der Waals surface area contributed by atoms with Gasteiger partial charge < -0.3 is 19.7 Å². The van der Waals surface area contributed by atoms with E-state index in [4.69, 9.17) is 9.47 Å². The van der Waals surface area contributed by atoms with Crippen LogP contribution in [0.15, 0.2) is 60.7 Å². The molecule has 4 unspecified atom stereocenters. The van der Waals surface area contributed by atoms with Crippen molar-refractivity contribution in [3.63, 3.8) is 0 Å². The number of phenols is 2. The summed E-state index contributed by atoms with van der Waals surface area (Å²) in [5.74, 6) is -3.81. The first-order chi connectivity index (χ1) is 20.2. The van der Waals surface area contributed by atoms with Crippen molar-refractivity contribution in [3.05, 3.63) is 82.9 Å². The quantitative estimate of drug-likeness (QED) is 0.198. The molecule has 4 atom stereocenters. The van der Waals surface area contributed by atoms with Crippen molar-refractivity contribution in [2.45, 2.75) is 23.3 Å². The van der Waals surface area contributed by atoms with Gasteiger partial charge >= 0.3 is 11.9 Å². The molecule has 0 saturated carbocycles. The zero-order chi connectivity index (χ0) is 29.7. The number of ether oxygens (including phenoxy) is 2. The Morgan fingerprint density at radius 2 is 1.07 bits per heavy atom. The molecule has 0 heterocycles. The molecule has 214 valence electrons. The van der Waals surface area contributed by atoms with E-state index in [1.165, 1.54) is 35.8 Å². The third-order valence-corrected chi connectivity index (χ3v) is 11.4. The maximum Gasteiger partial charge on any atom is 0.310 e. The van der Waals surface area contributed by atoms with Crippen LogP contribution < -0.4 is 0 Å². The second kappa shape index (κ2) is 11.0. The Morgan fingerprint density at radius 3 is 1.45 bits per heavy atom. The molecule has 4 aromatic carbocycles. The minimum Gasteiger partial charge on any atom is -0.507 e. The second-order valence-electron chi connectivity index (χ2n) is 10.4. The number of hydrogen-bond donors (Lipinski definition) is 2. The number of aromatic hydroxyl groups is 2. The summed E-state index contributed by atoms with van der Waals surface area (Å²) in [5.41, 5.74) is 1.33. The van der Waals surface area contributed by atoms with Crippen molar-refractivity contribution >= 4 is 66.6 Å². The van der Waals surface area contributed by atoms with Crippen molar-refractivity contribution < 1.29 is 38.9 Å². The summed E-state index contributed by atoms with van der Waals surface area (Å²) in [6.07, 6.45) is -0.315. The van der Waals surface area contributed by atoms with Crippen LogP contribution in [0.3, 0.4) is 0 Å². The predicted octanol–water partition coefficient (Wildman–Crippen LogP) is 6.32. The Morgan fingerprint density at radius 1 is 0.690 bits per heavy atom. The number of methoxy groups -OCH3 is 2. The fraction of sp³-hybridized carbons (Fsp3) is 0.250. The maximum absolute atomic E-state index is 13.3. The molecule has 0 fully saturated rings. The highest BCUT2D eigenvalue weighted by molar-refractivity contribution is 8.76. The first kappa shape index (κ1) is 28.1. The van der Waals surface area contributed by atoms with Crippen LogP contribution in [0.25, 0.3) is 21.5 Å². The number of phenolic OH excluding ortho intramolecular Hbond substituents is 2. The largest absolute Gasteiger partial charge is 0.507 e. The van der Waals surface area contributed by atoms with E-state index in [9.17, 15) is 29.4 Å². The van der Waals surface area contributed by atoms with Crippen LogP contribution in [0, 0.1) is 11.8 Å². The average molecular weight is 603 g/mol.